The molecule has 32 heavy (non-hydrogen) atoms. The molecule has 0 atom stereocenters. The summed E-state index contributed by atoms with van der Waals surface area (Å²) >= 11 is 6.09. The SMILES string of the molecule is CCOc1ccc(NC2=C(c3ccc(C)cc3)C(=O)N(c3ccc(Cl)cc3C)C2=O)cc1. The smallest absolute Gasteiger partial charge is 0.282 e. The molecule has 0 radical (unpaired) electrons. The zero-order valence-corrected chi connectivity index (χ0v) is 18.9. The molecule has 1 aliphatic heterocycles. The van der Waals surface area contributed by atoms with Crippen molar-refractivity contribution in [3.63, 3.8) is 0 Å². The Morgan fingerprint density at radius 3 is 2.22 bits per heavy atom. The summed E-state index contributed by atoms with van der Waals surface area (Å²) in [6.07, 6.45) is 0. The van der Waals surface area contributed by atoms with Gasteiger partial charge in [-0.1, -0.05) is 41.4 Å². The molecule has 3 aromatic rings. The minimum absolute atomic E-state index is 0.234. The van der Waals surface area contributed by atoms with Gasteiger partial charge in [-0.05, 0) is 74.4 Å². The molecule has 0 bridgehead atoms. The third-order valence-corrected chi connectivity index (χ3v) is 5.49. The number of imide groups is 1. The summed E-state index contributed by atoms with van der Waals surface area (Å²) in [6.45, 7) is 6.28. The minimum Gasteiger partial charge on any atom is -0.494 e. The van der Waals surface area contributed by atoms with Gasteiger partial charge in [0.1, 0.15) is 11.4 Å². The molecular formula is C26H23ClN2O3. The van der Waals surface area contributed by atoms with Crippen LogP contribution >= 0.6 is 11.6 Å². The van der Waals surface area contributed by atoms with Crippen molar-refractivity contribution in [2.45, 2.75) is 20.8 Å². The van der Waals surface area contributed by atoms with Gasteiger partial charge in [0.15, 0.2) is 0 Å². The van der Waals surface area contributed by atoms with Crippen LogP contribution in [0.5, 0.6) is 5.75 Å². The highest BCUT2D eigenvalue weighted by Gasteiger charge is 2.40. The number of aryl methyl sites for hydroxylation is 2. The predicted molar refractivity (Wildman–Crippen MR) is 128 cm³/mol. The molecular weight excluding hydrogens is 424 g/mol. The Hall–Kier alpha value is -3.57. The number of halogens is 1. The van der Waals surface area contributed by atoms with E-state index in [0.717, 1.165) is 16.9 Å². The van der Waals surface area contributed by atoms with Crippen molar-refractivity contribution in [2.75, 3.05) is 16.8 Å². The number of nitrogens with zero attached hydrogens (tertiary/aromatic N) is 1. The summed E-state index contributed by atoms with van der Waals surface area (Å²) in [5, 5.41) is 3.72. The Morgan fingerprint density at radius 2 is 1.59 bits per heavy atom. The fraction of sp³-hybridized carbons (Fsp3) is 0.154. The number of nitrogens with one attached hydrogen (secondary N) is 1. The molecule has 3 aromatic carbocycles. The highest BCUT2D eigenvalue weighted by molar-refractivity contribution is 6.46. The number of hydrogen-bond donors (Lipinski definition) is 1. The monoisotopic (exact) mass is 446 g/mol. The summed E-state index contributed by atoms with van der Waals surface area (Å²) in [5.74, 6) is -0.0550. The molecule has 6 heteroatoms. The molecule has 162 valence electrons. The van der Waals surface area contributed by atoms with Crippen LogP contribution in [0, 0.1) is 13.8 Å². The predicted octanol–water partition coefficient (Wildman–Crippen LogP) is 5.75. The minimum atomic E-state index is -0.412. The van der Waals surface area contributed by atoms with Crippen LogP contribution in [0.2, 0.25) is 5.02 Å². The molecule has 1 heterocycles. The van der Waals surface area contributed by atoms with Crippen LogP contribution in [-0.2, 0) is 9.59 Å². The van der Waals surface area contributed by atoms with E-state index >= 15 is 0 Å². The lowest BCUT2D eigenvalue weighted by atomic mass is 10.0. The summed E-state index contributed by atoms with van der Waals surface area (Å²) in [6, 6.07) is 19.9. The molecule has 0 unspecified atom stereocenters. The van der Waals surface area contributed by atoms with Gasteiger partial charge in [-0.3, -0.25) is 9.59 Å². The summed E-state index contributed by atoms with van der Waals surface area (Å²) < 4.78 is 5.49. The van der Waals surface area contributed by atoms with E-state index in [1.165, 1.54) is 4.90 Å². The van der Waals surface area contributed by atoms with E-state index in [1.54, 1.807) is 18.2 Å². The van der Waals surface area contributed by atoms with Crippen molar-refractivity contribution in [2.24, 2.45) is 0 Å². The second kappa shape index (κ2) is 8.89. The van der Waals surface area contributed by atoms with Gasteiger partial charge in [-0.15, -0.1) is 0 Å². The van der Waals surface area contributed by atoms with Crippen molar-refractivity contribution in [3.8, 4) is 5.75 Å². The molecule has 4 rings (SSSR count). The van der Waals surface area contributed by atoms with E-state index in [-0.39, 0.29) is 11.6 Å². The lowest BCUT2D eigenvalue weighted by Gasteiger charge is -2.18. The molecule has 0 fully saturated rings. The number of carbonyl (C=O) groups is 2. The van der Waals surface area contributed by atoms with Crippen LogP contribution in [0.15, 0.2) is 72.4 Å². The van der Waals surface area contributed by atoms with Crippen LogP contribution in [-0.4, -0.2) is 18.4 Å². The van der Waals surface area contributed by atoms with Crippen LogP contribution in [0.1, 0.15) is 23.6 Å². The second-order valence-electron chi connectivity index (χ2n) is 7.57. The molecule has 0 saturated carbocycles. The van der Waals surface area contributed by atoms with E-state index in [0.29, 0.717) is 34.1 Å². The number of anilines is 2. The normalized spacial score (nSPS) is 13.7. The number of rotatable bonds is 6. The van der Waals surface area contributed by atoms with Crippen LogP contribution in [0.25, 0.3) is 5.57 Å². The topological polar surface area (TPSA) is 58.6 Å². The first-order valence-corrected chi connectivity index (χ1v) is 10.7. The molecule has 5 nitrogen and oxygen atoms in total. The van der Waals surface area contributed by atoms with Gasteiger partial charge in [-0.25, -0.2) is 4.90 Å². The van der Waals surface area contributed by atoms with Crippen molar-refractivity contribution in [1.82, 2.24) is 0 Å². The lowest BCUT2D eigenvalue weighted by molar-refractivity contribution is -0.120. The van der Waals surface area contributed by atoms with Crippen molar-refractivity contribution >= 4 is 40.4 Å². The Balaban J connectivity index is 1.78. The Kier molecular flexibility index (Phi) is 6.01. The number of amides is 2. The van der Waals surface area contributed by atoms with Gasteiger partial charge >= 0.3 is 0 Å². The molecule has 0 aromatic heterocycles. The summed E-state index contributed by atoms with van der Waals surface area (Å²) in [7, 11) is 0. The van der Waals surface area contributed by atoms with Gasteiger partial charge < -0.3 is 10.1 Å². The standard InChI is InChI=1S/C26H23ClN2O3/c1-4-32-21-12-10-20(11-13-21)28-24-23(18-7-5-16(2)6-8-18)25(30)29(26(24)31)22-14-9-19(27)15-17(22)3/h5-15,28H,4H2,1-3H3. The van der Waals surface area contributed by atoms with Gasteiger partial charge in [-0.2, -0.15) is 0 Å². The number of benzene rings is 3. The number of ether oxygens (including phenoxy) is 1. The quantitative estimate of drug-likeness (QED) is 0.489. The first kappa shape index (κ1) is 21.7. The second-order valence-corrected chi connectivity index (χ2v) is 8.01. The summed E-state index contributed by atoms with van der Waals surface area (Å²) in [5.41, 5.74) is 4.25. The zero-order chi connectivity index (χ0) is 22.8. The molecule has 0 saturated heterocycles. The molecule has 0 spiro atoms. The fourth-order valence-electron chi connectivity index (χ4n) is 3.67. The van der Waals surface area contributed by atoms with Crippen LogP contribution < -0.4 is 15.0 Å². The average molecular weight is 447 g/mol. The van der Waals surface area contributed by atoms with Gasteiger partial charge in [0.05, 0.1) is 17.9 Å². The fourth-order valence-corrected chi connectivity index (χ4v) is 3.89. The molecule has 0 aliphatic carbocycles. The molecule has 2 amide bonds. The van der Waals surface area contributed by atoms with Crippen LogP contribution in [0.4, 0.5) is 11.4 Å². The maximum absolute atomic E-state index is 13.5. The van der Waals surface area contributed by atoms with Crippen molar-refractivity contribution in [3.05, 3.63) is 94.1 Å². The third kappa shape index (κ3) is 4.12. The largest absolute Gasteiger partial charge is 0.494 e. The first-order valence-electron chi connectivity index (χ1n) is 10.3. The highest BCUT2D eigenvalue weighted by Crippen LogP contribution is 2.36. The highest BCUT2D eigenvalue weighted by atomic mass is 35.5. The van der Waals surface area contributed by atoms with Gasteiger partial charge in [0, 0.05) is 10.7 Å². The lowest BCUT2D eigenvalue weighted by Crippen LogP contribution is -2.33. The zero-order valence-electron chi connectivity index (χ0n) is 18.1. The Bertz CT molecular complexity index is 1210. The number of carbonyl (C=O) groups excluding carboxylic acids is 2. The van der Waals surface area contributed by atoms with Crippen LogP contribution in [0.3, 0.4) is 0 Å². The maximum Gasteiger partial charge on any atom is 0.282 e. The van der Waals surface area contributed by atoms with Gasteiger partial charge in [0.2, 0.25) is 0 Å². The van der Waals surface area contributed by atoms with E-state index in [9.17, 15) is 9.59 Å². The van der Waals surface area contributed by atoms with E-state index in [4.69, 9.17) is 16.3 Å². The summed E-state index contributed by atoms with van der Waals surface area (Å²) in [4.78, 5) is 28.2. The van der Waals surface area contributed by atoms with Crippen molar-refractivity contribution < 1.29 is 14.3 Å². The Morgan fingerprint density at radius 1 is 0.906 bits per heavy atom. The Labute approximate surface area is 192 Å². The molecule has 1 N–H and O–H groups in total. The maximum atomic E-state index is 13.5. The van der Waals surface area contributed by atoms with Crippen molar-refractivity contribution in [1.29, 1.82) is 0 Å². The third-order valence-electron chi connectivity index (χ3n) is 5.26. The van der Waals surface area contributed by atoms with E-state index in [1.807, 2.05) is 69.3 Å². The van der Waals surface area contributed by atoms with E-state index in [2.05, 4.69) is 5.32 Å². The van der Waals surface area contributed by atoms with Gasteiger partial charge in [0.25, 0.3) is 11.8 Å². The van der Waals surface area contributed by atoms with E-state index < -0.39 is 5.91 Å². The number of hydrogen-bond acceptors (Lipinski definition) is 4. The average Bonchev–Trinajstić information content (AvgIpc) is 3.00. The first-order chi connectivity index (χ1) is 15.4. The molecule has 1 aliphatic rings.